The lowest BCUT2D eigenvalue weighted by Crippen LogP contribution is -2.47. The number of aromatic nitrogens is 2. The number of hydrogen-bond donors (Lipinski definition) is 1. The molecule has 1 aliphatic rings. The van der Waals surface area contributed by atoms with Crippen LogP contribution in [-0.4, -0.2) is 36.1 Å². The summed E-state index contributed by atoms with van der Waals surface area (Å²) in [6.07, 6.45) is 3.70. The number of nitrogens with two attached hydrogens (primary N) is 1. The van der Waals surface area contributed by atoms with Gasteiger partial charge in [0.15, 0.2) is 0 Å². The number of rotatable bonds is 3. The van der Waals surface area contributed by atoms with E-state index >= 15 is 0 Å². The molecule has 110 valence electrons. The van der Waals surface area contributed by atoms with Crippen molar-refractivity contribution in [3.05, 3.63) is 46.7 Å². The second-order valence-electron chi connectivity index (χ2n) is 5.04. The van der Waals surface area contributed by atoms with Crippen molar-refractivity contribution in [2.45, 2.75) is 6.54 Å². The molecule has 0 aromatic carbocycles. The number of anilines is 2. The first-order valence-electron chi connectivity index (χ1n) is 7.03. The van der Waals surface area contributed by atoms with Crippen LogP contribution >= 0.6 is 15.9 Å². The summed E-state index contributed by atoms with van der Waals surface area (Å²) in [6.45, 7) is 4.35. The minimum atomic E-state index is 0.538. The number of hydrogen-bond acceptors (Lipinski definition) is 5. The van der Waals surface area contributed by atoms with Crippen molar-refractivity contribution in [1.82, 2.24) is 9.97 Å². The molecule has 3 heterocycles. The van der Waals surface area contributed by atoms with Crippen LogP contribution in [0.5, 0.6) is 0 Å². The van der Waals surface area contributed by atoms with E-state index in [1.165, 1.54) is 0 Å². The molecule has 0 unspecified atom stereocenters. The summed E-state index contributed by atoms with van der Waals surface area (Å²) in [4.78, 5) is 13.5. The molecule has 0 spiro atoms. The summed E-state index contributed by atoms with van der Waals surface area (Å²) in [5.41, 5.74) is 6.67. The molecule has 6 heteroatoms. The van der Waals surface area contributed by atoms with Crippen LogP contribution in [0.3, 0.4) is 0 Å². The molecule has 21 heavy (non-hydrogen) atoms. The Morgan fingerprint density at radius 2 is 1.48 bits per heavy atom. The molecular weight excluding hydrogens is 330 g/mol. The second-order valence-corrected chi connectivity index (χ2v) is 5.95. The highest BCUT2D eigenvalue weighted by molar-refractivity contribution is 9.10. The van der Waals surface area contributed by atoms with Crippen LogP contribution in [0.15, 0.2) is 41.1 Å². The Morgan fingerprint density at radius 1 is 0.905 bits per heavy atom. The van der Waals surface area contributed by atoms with Crippen LogP contribution < -0.4 is 15.5 Å². The van der Waals surface area contributed by atoms with Gasteiger partial charge in [-0.1, -0.05) is 6.07 Å². The number of pyridine rings is 2. The van der Waals surface area contributed by atoms with Gasteiger partial charge in [0.1, 0.15) is 11.6 Å². The van der Waals surface area contributed by atoms with Crippen LogP contribution in [0.4, 0.5) is 11.6 Å². The molecule has 0 atom stereocenters. The van der Waals surface area contributed by atoms with Gasteiger partial charge in [-0.2, -0.15) is 0 Å². The predicted molar refractivity (Wildman–Crippen MR) is 88.5 cm³/mol. The van der Waals surface area contributed by atoms with E-state index in [4.69, 9.17) is 5.73 Å². The minimum absolute atomic E-state index is 0.538. The topological polar surface area (TPSA) is 58.3 Å². The maximum absolute atomic E-state index is 5.60. The number of nitrogens with zero attached hydrogens (tertiary/aromatic N) is 4. The van der Waals surface area contributed by atoms with Gasteiger partial charge in [0, 0.05) is 49.6 Å². The van der Waals surface area contributed by atoms with Crippen molar-refractivity contribution in [3.63, 3.8) is 0 Å². The highest BCUT2D eigenvalue weighted by Gasteiger charge is 2.18. The van der Waals surface area contributed by atoms with Crippen LogP contribution in [0.2, 0.25) is 0 Å². The molecule has 1 saturated heterocycles. The Balaban J connectivity index is 1.62. The lowest BCUT2D eigenvalue weighted by atomic mass is 10.2. The Labute approximate surface area is 132 Å². The summed E-state index contributed by atoms with van der Waals surface area (Å²) in [6, 6.07) is 8.18. The molecule has 3 rings (SSSR count). The van der Waals surface area contributed by atoms with E-state index in [0.29, 0.717) is 6.54 Å². The predicted octanol–water partition coefficient (Wildman–Crippen LogP) is 2.02. The maximum Gasteiger partial charge on any atom is 0.128 e. The normalized spacial score (nSPS) is 15.3. The van der Waals surface area contributed by atoms with Gasteiger partial charge < -0.3 is 15.5 Å². The highest BCUT2D eigenvalue weighted by atomic mass is 79.9. The standard InChI is InChI=1S/C15H18BrN5/c16-13-2-4-15(19-11-13)21-7-5-20(6-8-21)14-3-1-12(9-17)10-18-14/h1-4,10-11H,5-9,17H2. The molecule has 0 amide bonds. The summed E-state index contributed by atoms with van der Waals surface area (Å²) in [5.74, 6) is 2.06. The van der Waals surface area contributed by atoms with Gasteiger partial charge in [-0.3, -0.25) is 0 Å². The number of piperazine rings is 1. The van der Waals surface area contributed by atoms with Crippen molar-refractivity contribution in [3.8, 4) is 0 Å². The average Bonchev–Trinajstić information content (AvgIpc) is 2.56. The third kappa shape index (κ3) is 3.33. The quantitative estimate of drug-likeness (QED) is 0.920. The van der Waals surface area contributed by atoms with Crippen LogP contribution in [0.25, 0.3) is 0 Å². The average molecular weight is 348 g/mol. The first-order valence-corrected chi connectivity index (χ1v) is 7.82. The summed E-state index contributed by atoms with van der Waals surface area (Å²) in [7, 11) is 0. The lowest BCUT2D eigenvalue weighted by Gasteiger charge is -2.36. The van der Waals surface area contributed by atoms with Crippen LogP contribution in [0.1, 0.15) is 5.56 Å². The highest BCUT2D eigenvalue weighted by Crippen LogP contribution is 2.19. The fourth-order valence-corrected chi connectivity index (χ4v) is 2.68. The molecule has 0 bridgehead atoms. The van der Waals surface area contributed by atoms with E-state index in [1.807, 2.05) is 30.6 Å². The van der Waals surface area contributed by atoms with Gasteiger partial charge in [-0.25, -0.2) is 9.97 Å². The molecular formula is C15H18BrN5. The van der Waals surface area contributed by atoms with Gasteiger partial charge in [0.25, 0.3) is 0 Å². The maximum atomic E-state index is 5.60. The molecule has 1 aliphatic heterocycles. The second kappa shape index (κ2) is 6.41. The van der Waals surface area contributed by atoms with E-state index in [-0.39, 0.29) is 0 Å². The Morgan fingerprint density at radius 3 is 1.90 bits per heavy atom. The molecule has 0 aliphatic carbocycles. The molecule has 0 radical (unpaired) electrons. The van der Waals surface area contributed by atoms with E-state index in [1.54, 1.807) is 0 Å². The van der Waals surface area contributed by atoms with E-state index in [2.05, 4.69) is 41.8 Å². The first kappa shape index (κ1) is 14.3. The molecule has 5 nitrogen and oxygen atoms in total. The van der Waals surface area contributed by atoms with Crippen LogP contribution in [-0.2, 0) is 6.54 Å². The van der Waals surface area contributed by atoms with E-state index in [0.717, 1.165) is 47.9 Å². The van der Waals surface area contributed by atoms with Gasteiger partial charge >= 0.3 is 0 Å². The molecule has 2 N–H and O–H groups in total. The van der Waals surface area contributed by atoms with E-state index < -0.39 is 0 Å². The van der Waals surface area contributed by atoms with Gasteiger partial charge in [-0.05, 0) is 39.7 Å². The Hall–Kier alpha value is -1.66. The van der Waals surface area contributed by atoms with Crippen molar-refractivity contribution in [1.29, 1.82) is 0 Å². The minimum Gasteiger partial charge on any atom is -0.353 e. The zero-order valence-electron chi connectivity index (χ0n) is 11.7. The Bertz CT molecular complexity index is 576. The zero-order chi connectivity index (χ0) is 14.7. The van der Waals surface area contributed by atoms with E-state index in [9.17, 15) is 0 Å². The van der Waals surface area contributed by atoms with Gasteiger partial charge in [0.2, 0.25) is 0 Å². The van der Waals surface area contributed by atoms with Crippen molar-refractivity contribution in [2.24, 2.45) is 5.73 Å². The third-order valence-electron chi connectivity index (χ3n) is 3.68. The summed E-state index contributed by atoms with van der Waals surface area (Å²) < 4.78 is 1.01. The zero-order valence-corrected chi connectivity index (χ0v) is 13.3. The molecule has 1 fully saturated rings. The van der Waals surface area contributed by atoms with Crippen molar-refractivity contribution >= 4 is 27.6 Å². The van der Waals surface area contributed by atoms with Crippen molar-refractivity contribution < 1.29 is 0 Å². The molecule has 2 aromatic heterocycles. The third-order valence-corrected chi connectivity index (χ3v) is 4.15. The van der Waals surface area contributed by atoms with Gasteiger partial charge in [-0.15, -0.1) is 0 Å². The SMILES string of the molecule is NCc1ccc(N2CCN(c3ccc(Br)cn3)CC2)nc1. The molecule has 2 aromatic rings. The lowest BCUT2D eigenvalue weighted by molar-refractivity contribution is 0.641. The van der Waals surface area contributed by atoms with Crippen molar-refractivity contribution in [2.75, 3.05) is 36.0 Å². The summed E-state index contributed by atoms with van der Waals surface area (Å²) >= 11 is 3.41. The summed E-state index contributed by atoms with van der Waals surface area (Å²) in [5, 5.41) is 0. The smallest absolute Gasteiger partial charge is 0.128 e. The van der Waals surface area contributed by atoms with Gasteiger partial charge in [0.05, 0.1) is 0 Å². The molecule has 0 saturated carbocycles. The largest absolute Gasteiger partial charge is 0.353 e. The fourth-order valence-electron chi connectivity index (χ4n) is 2.44. The first-order chi connectivity index (χ1) is 10.3. The monoisotopic (exact) mass is 347 g/mol. The van der Waals surface area contributed by atoms with Crippen LogP contribution in [0, 0.1) is 0 Å². The Kier molecular flexibility index (Phi) is 4.36. The number of halogens is 1. The fraction of sp³-hybridized carbons (Fsp3) is 0.333.